The summed E-state index contributed by atoms with van der Waals surface area (Å²) in [5, 5.41) is 0. The van der Waals surface area contributed by atoms with Gasteiger partial charge in [0.25, 0.3) is 11.8 Å². The summed E-state index contributed by atoms with van der Waals surface area (Å²) in [6, 6.07) is 12.5. The molecule has 6 nitrogen and oxygen atoms in total. The Kier molecular flexibility index (Phi) is 6.33. The van der Waals surface area contributed by atoms with Gasteiger partial charge in [0.05, 0.1) is 0 Å². The molecule has 0 aliphatic carbocycles. The van der Waals surface area contributed by atoms with Gasteiger partial charge in [0.15, 0.2) is 12.7 Å². The van der Waals surface area contributed by atoms with Crippen LogP contribution in [0.2, 0.25) is 0 Å². The molecule has 2 amide bonds. The van der Waals surface area contributed by atoms with Crippen LogP contribution in [0.1, 0.15) is 12.5 Å². The first-order chi connectivity index (χ1) is 11.9. The number of carbonyl (C=O) groups is 2. The molecule has 0 heterocycles. The Morgan fingerprint density at radius 3 is 2.48 bits per heavy atom. The van der Waals surface area contributed by atoms with E-state index in [1.54, 1.807) is 12.1 Å². The zero-order chi connectivity index (χ0) is 18.2. The second-order valence-corrected chi connectivity index (χ2v) is 5.36. The SMILES string of the molecule is Cc1cccc(OCC(=O)NNC(=O)[C@H](C)Oc2ccc(F)cc2)c1. The van der Waals surface area contributed by atoms with Crippen LogP contribution in [0.3, 0.4) is 0 Å². The van der Waals surface area contributed by atoms with Gasteiger partial charge in [0, 0.05) is 0 Å². The largest absolute Gasteiger partial charge is 0.484 e. The van der Waals surface area contributed by atoms with Crippen LogP contribution in [-0.2, 0) is 9.59 Å². The Morgan fingerprint density at radius 1 is 1.08 bits per heavy atom. The maximum atomic E-state index is 12.8. The molecule has 2 aromatic rings. The first-order valence-corrected chi connectivity index (χ1v) is 7.64. The molecule has 1 atom stereocenters. The van der Waals surface area contributed by atoms with Gasteiger partial charge in [0.1, 0.15) is 17.3 Å². The highest BCUT2D eigenvalue weighted by molar-refractivity contribution is 5.85. The van der Waals surface area contributed by atoms with Gasteiger partial charge in [-0.25, -0.2) is 4.39 Å². The maximum absolute atomic E-state index is 12.8. The van der Waals surface area contributed by atoms with Crippen molar-refractivity contribution in [1.29, 1.82) is 0 Å². The Hall–Kier alpha value is -3.09. The fourth-order valence-electron chi connectivity index (χ4n) is 1.89. The molecule has 0 aromatic heterocycles. The Labute approximate surface area is 144 Å². The monoisotopic (exact) mass is 346 g/mol. The third-order valence-electron chi connectivity index (χ3n) is 3.18. The molecule has 2 aromatic carbocycles. The van der Waals surface area contributed by atoms with E-state index in [2.05, 4.69) is 10.9 Å². The number of aryl methyl sites for hydroxylation is 1. The molecule has 0 spiro atoms. The van der Waals surface area contributed by atoms with E-state index >= 15 is 0 Å². The van der Waals surface area contributed by atoms with Gasteiger partial charge in [-0.15, -0.1) is 0 Å². The second kappa shape index (κ2) is 8.68. The molecule has 0 fully saturated rings. The average Bonchev–Trinajstić information content (AvgIpc) is 2.60. The highest BCUT2D eigenvalue weighted by atomic mass is 19.1. The number of hydrazine groups is 1. The molecule has 0 aliphatic heterocycles. The van der Waals surface area contributed by atoms with Crippen molar-refractivity contribution >= 4 is 11.8 Å². The minimum Gasteiger partial charge on any atom is -0.484 e. The molecule has 2 rings (SSSR count). The van der Waals surface area contributed by atoms with Crippen LogP contribution in [0, 0.1) is 12.7 Å². The zero-order valence-electron chi connectivity index (χ0n) is 13.9. The van der Waals surface area contributed by atoms with Crippen molar-refractivity contribution in [2.24, 2.45) is 0 Å². The summed E-state index contributed by atoms with van der Waals surface area (Å²) < 4.78 is 23.5. The molecule has 0 aliphatic rings. The number of carbonyl (C=O) groups excluding carboxylic acids is 2. The molecular weight excluding hydrogens is 327 g/mol. The van der Waals surface area contributed by atoms with Gasteiger partial charge in [0.2, 0.25) is 0 Å². The van der Waals surface area contributed by atoms with E-state index in [-0.39, 0.29) is 6.61 Å². The summed E-state index contributed by atoms with van der Waals surface area (Å²) in [5.41, 5.74) is 5.50. The van der Waals surface area contributed by atoms with Crippen LogP contribution in [-0.4, -0.2) is 24.5 Å². The molecular formula is C18H19FN2O4. The molecule has 25 heavy (non-hydrogen) atoms. The predicted octanol–water partition coefficient (Wildman–Crippen LogP) is 2.13. The smallest absolute Gasteiger partial charge is 0.279 e. The molecule has 132 valence electrons. The quantitative estimate of drug-likeness (QED) is 0.786. The van der Waals surface area contributed by atoms with E-state index in [0.29, 0.717) is 11.5 Å². The van der Waals surface area contributed by atoms with E-state index in [0.717, 1.165) is 5.56 Å². The van der Waals surface area contributed by atoms with Crippen molar-refractivity contribution < 1.29 is 23.5 Å². The van der Waals surface area contributed by atoms with Crippen molar-refractivity contribution in [2.75, 3.05) is 6.61 Å². The average molecular weight is 346 g/mol. The van der Waals surface area contributed by atoms with Crippen molar-refractivity contribution in [3.05, 3.63) is 59.9 Å². The van der Waals surface area contributed by atoms with Crippen molar-refractivity contribution in [2.45, 2.75) is 20.0 Å². The van der Waals surface area contributed by atoms with Crippen LogP contribution >= 0.6 is 0 Å². The fourth-order valence-corrected chi connectivity index (χ4v) is 1.89. The molecule has 0 saturated carbocycles. The third kappa shape index (κ3) is 6.14. The van der Waals surface area contributed by atoms with Crippen molar-refractivity contribution in [1.82, 2.24) is 10.9 Å². The van der Waals surface area contributed by atoms with Gasteiger partial charge < -0.3 is 9.47 Å². The molecule has 0 radical (unpaired) electrons. The summed E-state index contributed by atoms with van der Waals surface area (Å²) in [4.78, 5) is 23.6. The molecule has 0 saturated heterocycles. The summed E-state index contributed by atoms with van der Waals surface area (Å²) in [7, 11) is 0. The van der Waals surface area contributed by atoms with E-state index in [1.165, 1.54) is 31.2 Å². The van der Waals surface area contributed by atoms with E-state index in [4.69, 9.17) is 9.47 Å². The van der Waals surface area contributed by atoms with Gasteiger partial charge in [-0.1, -0.05) is 12.1 Å². The topological polar surface area (TPSA) is 76.7 Å². The van der Waals surface area contributed by atoms with Crippen LogP contribution in [0.25, 0.3) is 0 Å². The second-order valence-electron chi connectivity index (χ2n) is 5.36. The van der Waals surface area contributed by atoms with Gasteiger partial charge in [-0.3, -0.25) is 20.4 Å². The fraction of sp³-hybridized carbons (Fsp3) is 0.222. The first kappa shape index (κ1) is 18.3. The van der Waals surface area contributed by atoms with Gasteiger partial charge in [-0.2, -0.15) is 0 Å². The lowest BCUT2D eigenvalue weighted by atomic mass is 10.2. The Balaban J connectivity index is 1.72. The lowest BCUT2D eigenvalue weighted by Crippen LogP contribution is -2.48. The number of hydrogen-bond donors (Lipinski definition) is 2. The number of ether oxygens (including phenoxy) is 2. The van der Waals surface area contributed by atoms with Gasteiger partial charge >= 0.3 is 0 Å². The number of rotatable bonds is 6. The first-order valence-electron chi connectivity index (χ1n) is 7.64. The molecule has 0 unspecified atom stereocenters. The maximum Gasteiger partial charge on any atom is 0.279 e. The minimum absolute atomic E-state index is 0.239. The summed E-state index contributed by atoms with van der Waals surface area (Å²) in [6.45, 7) is 3.18. The number of amides is 2. The van der Waals surface area contributed by atoms with Crippen molar-refractivity contribution in [3.8, 4) is 11.5 Å². The van der Waals surface area contributed by atoms with E-state index in [1.807, 2.05) is 19.1 Å². The number of nitrogens with one attached hydrogen (secondary N) is 2. The number of benzene rings is 2. The molecule has 2 N–H and O–H groups in total. The lowest BCUT2D eigenvalue weighted by molar-refractivity contribution is -0.133. The van der Waals surface area contributed by atoms with Gasteiger partial charge in [-0.05, 0) is 55.8 Å². The normalized spacial score (nSPS) is 11.3. The highest BCUT2D eigenvalue weighted by Crippen LogP contribution is 2.13. The van der Waals surface area contributed by atoms with E-state index in [9.17, 15) is 14.0 Å². The molecule has 7 heteroatoms. The van der Waals surface area contributed by atoms with Crippen LogP contribution < -0.4 is 20.3 Å². The standard InChI is InChI=1S/C18H19FN2O4/c1-12-4-3-5-16(10-12)24-11-17(22)20-21-18(23)13(2)25-15-8-6-14(19)7-9-15/h3-10,13H,11H2,1-2H3,(H,20,22)(H,21,23)/t13-/m0/s1. The highest BCUT2D eigenvalue weighted by Gasteiger charge is 2.15. The summed E-state index contributed by atoms with van der Waals surface area (Å²) in [5.74, 6) is -0.546. The summed E-state index contributed by atoms with van der Waals surface area (Å²) >= 11 is 0. The Bertz CT molecular complexity index is 734. The van der Waals surface area contributed by atoms with E-state index < -0.39 is 23.7 Å². The van der Waals surface area contributed by atoms with Crippen LogP contribution in [0.15, 0.2) is 48.5 Å². The molecule has 0 bridgehead atoms. The van der Waals surface area contributed by atoms with Crippen molar-refractivity contribution in [3.63, 3.8) is 0 Å². The number of halogens is 1. The third-order valence-corrected chi connectivity index (χ3v) is 3.18. The van der Waals surface area contributed by atoms with Crippen LogP contribution in [0.4, 0.5) is 4.39 Å². The Morgan fingerprint density at radius 2 is 1.80 bits per heavy atom. The minimum atomic E-state index is -0.872. The lowest BCUT2D eigenvalue weighted by Gasteiger charge is -2.15. The van der Waals surface area contributed by atoms with Crippen LogP contribution in [0.5, 0.6) is 11.5 Å². The summed E-state index contributed by atoms with van der Waals surface area (Å²) in [6.07, 6.45) is -0.872. The predicted molar refractivity (Wildman–Crippen MR) is 89.4 cm³/mol. The number of hydrogen-bond acceptors (Lipinski definition) is 4. The zero-order valence-corrected chi connectivity index (χ0v) is 13.9.